The highest BCUT2D eigenvalue weighted by atomic mass is 16.1. The predicted octanol–water partition coefficient (Wildman–Crippen LogP) is 2.28. The number of pyridine rings is 1. The Labute approximate surface area is 182 Å². The lowest BCUT2D eigenvalue weighted by Crippen LogP contribution is -2.48. The molecule has 1 amide bonds. The average Bonchev–Trinajstić information content (AvgIpc) is 3.10. The van der Waals surface area contributed by atoms with Crippen LogP contribution in [-0.2, 0) is 13.5 Å². The molecular formula is C24H28N6O. The van der Waals surface area contributed by atoms with Crippen molar-refractivity contribution in [3.63, 3.8) is 0 Å². The van der Waals surface area contributed by atoms with Crippen molar-refractivity contribution < 1.29 is 4.79 Å². The van der Waals surface area contributed by atoms with E-state index in [2.05, 4.69) is 63.3 Å². The third-order valence-electron chi connectivity index (χ3n) is 6.80. The van der Waals surface area contributed by atoms with Gasteiger partial charge in [-0.05, 0) is 55.1 Å². The van der Waals surface area contributed by atoms with Crippen molar-refractivity contribution in [2.75, 3.05) is 20.1 Å². The van der Waals surface area contributed by atoms with Gasteiger partial charge >= 0.3 is 0 Å². The zero-order chi connectivity index (χ0) is 21.5. The number of aryl methyl sites for hydroxylation is 1. The molecule has 0 spiro atoms. The SMILES string of the molecule is CN1C[C@H](CN=C(N)NC(=O)c2cccnc2)C[C@@H]2c3cccc4c3c(cn4C)C[C@H]21. The summed E-state index contributed by atoms with van der Waals surface area (Å²) in [4.78, 5) is 23.2. The topological polar surface area (TPSA) is 88.5 Å². The number of carbonyl (C=O) groups is 1. The van der Waals surface area contributed by atoms with Crippen LogP contribution in [0, 0.1) is 5.92 Å². The van der Waals surface area contributed by atoms with Crippen molar-refractivity contribution >= 4 is 22.8 Å². The molecule has 1 saturated heterocycles. The Morgan fingerprint density at radius 2 is 2.16 bits per heavy atom. The number of guanidine groups is 1. The zero-order valence-electron chi connectivity index (χ0n) is 18.0. The Balaban J connectivity index is 1.31. The number of nitrogens with two attached hydrogens (primary N) is 1. The number of piperidine rings is 1. The van der Waals surface area contributed by atoms with Crippen molar-refractivity contribution in [3.05, 3.63) is 65.6 Å². The van der Waals surface area contributed by atoms with Crippen molar-refractivity contribution in [1.82, 2.24) is 19.8 Å². The van der Waals surface area contributed by atoms with Gasteiger partial charge in [0.15, 0.2) is 5.96 Å². The van der Waals surface area contributed by atoms with E-state index in [1.807, 2.05) is 0 Å². The molecule has 31 heavy (non-hydrogen) atoms. The van der Waals surface area contributed by atoms with Gasteiger partial charge < -0.3 is 15.2 Å². The van der Waals surface area contributed by atoms with Crippen LogP contribution < -0.4 is 11.1 Å². The molecule has 3 N–H and O–H groups in total. The smallest absolute Gasteiger partial charge is 0.259 e. The van der Waals surface area contributed by atoms with Gasteiger partial charge in [0.2, 0.25) is 0 Å². The number of aromatic nitrogens is 2. The van der Waals surface area contributed by atoms with Gasteiger partial charge in [-0.3, -0.25) is 20.1 Å². The fourth-order valence-electron chi connectivity index (χ4n) is 5.42. The standard InChI is InChI=1S/C24H28N6O/c1-29-13-15(11-27-24(25)28-23(31)16-5-4-8-26-12-16)9-19-18-6-3-7-20-22(18)17(10-21(19)29)14-30(20)2/h3-8,12,14-15,19,21H,9-11,13H2,1-2H3,(H3,25,27,28,31)/t15-,19+,21+/m0/s1. The highest BCUT2D eigenvalue weighted by Gasteiger charge is 2.39. The summed E-state index contributed by atoms with van der Waals surface area (Å²) in [5.41, 5.74) is 10.7. The van der Waals surface area contributed by atoms with Gasteiger partial charge in [-0.15, -0.1) is 0 Å². The summed E-state index contributed by atoms with van der Waals surface area (Å²) in [6, 6.07) is 10.6. The summed E-state index contributed by atoms with van der Waals surface area (Å²) in [6.45, 7) is 1.58. The van der Waals surface area contributed by atoms with E-state index >= 15 is 0 Å². The quantitative estimate of drug-likeness (QED) is 0.506. The minimum atomic E-state index is -0.286. The normalized spacial score (nSPS) is 23.5. The largest absolute Gasteiger partial charge is 0.370 e. The number of nitrogens with zero attached hydrogens (tertiary/aromatic N) is 4. The van der Waals surface area contributed by atoms with E-state index in [9.17, 15) is 4.79 Å². The van der Waals surface area contributed by atoms with Crippen LogP contribution in [0.4, 0.5) is 0 Å². The first-order valence-corrected chi connectivity index (χ1v) is 10.8. The van der Waals surface area contributed by atoms with Gasteiger partial charge in [-0.1, -0.05) is 12.1 Å². The van der Waals surface area contributed by atoms with Crippen LogP contribution in [0.15, 0.2) is 53.9 Å². The summed E-state index contributed by atoms with van der Waals surface area (Å²) in [5.74, 6) is 0.754. The summed E-state index contributed by atoms with van der Waals surface area (Å²) in [5, 5.41) is 4.10. The molecule has 5 rings (SSSR count). The third kappa shape index (κ3) is 3.59. The molecule has 0 bridgehead atoms. The second-order valence-corrected chi connectivity index (χ2v) is 8.85. The Bertz CT molecular complexity index is 1150. The summed E-state index contributed by atoms with van der Waals surface area (Å²) < 4.78 is 2.25. The molecular weight excluding hydrogens is 388 g/mol. The predicted molar refractivity (Wildman–Crippen MR) is 122 cm³/mol. The van der Waals surface area contributed by atoms with Gasteiger partial charge in [0.25, 0.3) is 5.91 Å². The summed E-state index contributed by atoms with van der Waals surface area (Å²) in [7, 11) is 4.35. The second-order valence-electron chi connectivity index (χ2n) is 8.85. The number of hydrogen-bond acceptors (Lipinski definition) is 4. The first-order valence-electron chi connectivity index (χ1n) is 10.8. The molecule has 1 aliphatic carbocycles. The van der Waals surface area contributed by atoms with Gasteiger partial charge in [-0.25, -0.2) is 0 Å². The number of fused-ring (bicyclic) bond motifs is 2. The average molecular weight is 417 g/mol. The highest BCUT2D eigenvalue weighted by Crippen LogP contribution is 2.44. The van der Waals surface area contributed by atoms with Crippen molar-refractivity contribution in [2.45, 2.75) is 24.8 Å². The van der Waals surface area contributed by atoms with Crippen molar-refractivity contribution in [2.24, 2.45) is 23.7 Å². The molecule has 160 valence electrons. The lowest BCUT2D eigenvalue weighted by molar-refractivity contribution is 0.0975. The van der Waals surface area contributed by atoms with Gasteiger partial charge in [0, 0.05) is 61.6 Å². The van der Waals surface area contributed by atoms with Gasteiger partial charge in [-0.2, -0.15) is 0 Å². The van der Waals surface area contributed by atoms with Crippen LogP contribution in [0.2, 0.25) is 0 Å². The first-order chi connectivity index (χ1) is 15.0. The number of aliphatic imine (C=N–C) groups is 1. The van der Waals surface area contributed by atoms with Crippen LogP contribution in [0.3, 0.4) is 0 Å². The molecule has 0 saturated carbocycles. The van der Waals surface area contributed by atoms with E-state index < -0.39 is 0 Å². The monoisotopic (exact) mass is 416 g/mol. The van der Waals surface area contributed by atoms with Crippen LogP contribution in [-0.4, -0.2) is 52.5 Å². The molecule has 7 heteroatoms. The molecule has 2 aliphatic rings. The van der Waals surface area contributed by atoms with Crippen LogP contribution in [0.25, 0.3) is 10.9 Å². The molecule has 1 aromatic carbocycles. The Morgan fingerprint density at radius 1 is 1.29 bits per heavy atom. The summed E-state index contributed by atoms with van der Waals surface area (Å²) in [6.07, 6.45) is 7.61. The maximum atomic E-state index is 12.2. The molecule has 3 atom stereocenters. The first kappa shape index (κ1) is 19.8. The molecule has 7 nitrogen and oxygen atoms in total. The Kier molecular flexibility index (Phi) is 4.98. The van der Waals surface area contributed by atoms with Crippen molar-refractivity contribution in [1.29, 1.82) is 0 Å². The summed E-state index contributed by atoms with van der Waals surface area (Å²) >= 11 is 0. The fourth-order valence-corrected chi connectivity index (χ4v) is 5.42. The third-order valence-corrected chi connectivity index (χ3v) is 6.80. The number of carbonyl (C=O) groups excluding carboxylic acids is 1. The number of nitrogens with one attached hydrogen (secondary N) is 1. The van der Waals surface area contributed by atoms with E-state index in [1.165, 1.54) is 28.2 Å². The fraction of sp³-hybridized carbons (Fsp3) is 0.375. The van der Waals surface area contributed by atoms with E-state index in [-0.39, 0.29) is 11.9 Å². The number of likely N-dealkylation sites (tertiary alicyclic amines) is 1. The highest BCUT2D eigenvalue weighted by molar-refractivity contribution is 6.05. The maximum Gasteiger partial charge on any atom is 0.259 e. The number of amides is 1. The van der Waals surface area contributed by atoms with Crippen molar-refractivity contribution in [3.8, 4) is 0 Å². The number of hydrogen-bond donors (Lipinski definition) is 2. The maximum absolute atomic E-state index is 12.2. The molecule has 0 radical (unpaired) electrons. The van der Waals surface area contributed by atoms with E-state index in [0.29, 0.717) is 30.0 Å². The minimum absolute atomic E-state index is 0.162. The molecule has 2 aromatic heterocycles. The van der Waals surface area contributed by atoms with E-state index in [0.717, 1.165) is 19.4 Å². The number of rotatable bonds is 3. The van der Waals surface area contributed by atoms with Gasteiger partial charge in [0.1, 0.15) is 0 Å². The van der Waals surface area contributed by atoms with Gasteiger partial charge in [0.05, 0.1) is 5.56 Å². The van der Waals surface area contributed by atoms with E-state index in [4.69, 9.17) is 5.73 Å². The molecule has 3 heterocycles. The number of benzene rings is 1. The molecule has 1 fully saturated rings. The lowest BCUT2D eigenvalue weighted by atomic mass is 9.72. The lowest BCUT2D eigenvalue weighted by Gasteiger charge is -2.45. The Morgan fingerprint density at radius 3 is 2.97 bits per heavy atom. The van der Waals surface area contributed by atoms with Crippen LogP contribution in [0.1, 0.15) is 33.8 Å². The minimum Gasteiger partial charge on any atom is -0.370 e. The molecule has 1 aliphatic heterocycles. The molecule has 0 unspecified atom stereocenters. The second kappa shape index (κ2) is 7.81. The Hall–Kier alpha value is -3.19. The van der Waals surface area contributed by atoms with E-state index in [1.54, 1.807) is 18.3 Å². The van der Waals surface area contributed by atoms with Crippen LogP contribution >= 0.6 is 0 Å². The zero-order valence-corrected chi connectivity index (χ0v) is 18.0. The van der Waals surface area contributed by atoms with Crippen LogP contribution in [0.5, 0.6) is 0 Å². The molecule has 3 aromatic rings. The number of likely N-dealkylation sites (N-methyl/N-ethyl adjacent to an activating group) is 1.